The van der Waals surface area contributed by atoms with Crippen LogP contribution in [0.3, 0.4) is 0 Å². The van der Waals surface area contributed by atoms with Crippen LogP contribution in [0.25, 0.3) is 22.0 Å². The van der Waals surface area contributed by atoms with E-state index in [0.717, 1.165) is 12.1 Å². The maximum atomic E-state index is 14.5. The van der Waals surface area contributed by atoms with Crippen molar-refractivity contribution >= 4 is 39.6 Å². The van der Waals surface area contributed by atoms with E-state index in [4.69, 9.17) is 16.3 Å². The van der Waals surface area contributed by atoms with Crippen molar-refractivity contribution in [3.05, 3.63) is 106 Å². The van der Waals surface area contributed by atoms with E-state index < -0.39 is 24.4 Å². The third-order valence-corrected chi connectivity index (χ3v) is 7.27. The minimum atomic E-state index is -4.65. The maximum absolute atomic E-state index is 14.5. The van der Waals surface area contributed by atoms with Crippen molar-refractivity contribution in [1.82, 2.24) is 15.5 Å². The van der Waals surface area contributed by atoms with Crippen LogP contribution in [0.2, 0.25) is 5.02 Å². The maximum Gasteiger partial charge on any atom is 0.393 e. The Bertz CT molecular complexity index is 1700. The van der Waals surface area contributed by atoms with E-state index >= 15 is 0 Å². The monoisotopic (exact) mass is 633 g/mol. The summed E-state index contributed by atoms with van der Waals surface area (Å²) >= 11 is 6.29. The molecule has 44 heavy (non-hydrogen) atoms. The van der Waals surface area contributed by atoms with Gasteiger partial charge >= 0.3 is 6.18 Å². The lowest BCUT2D eigenvalue weighted by Gasteiger charge is -2.28. The van der Waals surface area contributed by atoms with Gasteiger partial charge in [0.05, 0.1) is 43.0 Å². The van der Waals surface area contributed by atoms with Gasteiger partial charge in [-0.2, -0.15) is 22.7 Å². The molecule has 2 N–H and O–H groups in total. The first kappa shape index (κ1) is 32.7. The second-order valence-corrected chi connectivity index (χ2v) is 11.2. The molecule has 6 nitrogen and oxygen atoms in total. The van der Waals surface area contributed by atoms with Gasteiger partial charge in [0.25, 0.3) is 0 Å². The molecule has 0 saturated heterocycles. The highest BCUT2D eigenvalue weighted by Crippen LogP contribution is 2.42. The first-order valence-corrected chi connectivity index (χ1v) is 14.0. The summed E-state index contributed by atoms with van der Waals surface area (Å²) in [7, 11) is 5.53. The number of hydrogen-bond acceptors (Lipinski definition) is 3. The molecule has 0 bridgehead atoms. The molecule has 0 aliphatic rings. The van der Waals surface area contributed by atoms with Crippen LogP contribution in [0.1, 0.15) is 23.1 Å². The lowest BCUT2D eigenvalue weighted by Crippen LogP contribution is -2.42. The van der Waals surface area contributed by atoms with Gasteiger partial charge in [0.2, 0.25) is 11.9 Å². The Hall–Kier alpha value is -4.22. The molecule has 0 fully saturated rings. The molecule has 0 saturated carbocycles. The number of carbonyl (C=O) groups is 1. The number of halogens is 6. The highest BCUT2D eigenvalue weighted by atomic mass is 35.5. The number of carbonyl (C=O) groups excluding carboxylic acids is 1. The number of amides is 1. The molecule has 0 unspecified atom stereocenters. The standard InChI is InChI=1S/C32H30ClF5N4O2/c1-39-29(43)5-4-14-42(2,3)15-16-44-23-10-6-20(7-11-23)30(21-8-13-28-25(17-21)31(35)41-40-28)26(19-32(36,37)38)24-12-9-22(34)18-27(24)33/h4-13,17-18H,14-16,19H2,1-3H3,(H-,39,40,41,43)/p+1/b5-4+,30-26+. The van der Waals surface area contributed by atoms with E-state index in [9.17, 15) is 26.7 Å². The molecule has 0 spiro atoms. The fourth-order valence-electron chi connectivity index (χ4n) is 4.65. The number of benzene rings is 3. The molecule has 0 aliphatic heterocycles. The number of nitrogens with zero attached hydrogens (tertiary/aromatic N) is 2. The number of H-pyrrole nitrogens is 1. The number of hydrogen-bond donors (Lipinski definition) is 2. The Balaban J connectivity index is 1.71. The Morgan fingerprint density at radius 2 is 1.75 bits per heavy atom. The van der Waals surface area contributed by atoms with Crippen LogP contribution in [0, 0.1) is 11.8 Å². The zero-order valence-corrected chi connectivity index (χ0v) is 25.0. The number of ether oxygens (including phenoxy) is 1. The Morgan fingerprint density at radius 1 is 1.05 bits per heavy atom. The van der Waals surface area contributed by atoms with Crippen LogP contribution in [0.15, 0.2) is 72.8 Å². The van der Waals surface area contributed by atoms with Crippen LogP contribution in [0.5, 0.6) is 5.75 Å². The molecule has 0 atom stereocenters. The van der Waals surface area contributed by atoms with Gasteiger partial charge < -0.3 is 14.5 Å². The minimum Gasteiger partial charge on any atom is -0.488 e. The summed E-state index contributed by atoms with van der Waals surface area (Å²) in [4.78, 5) is 11.4. The number of fused-ring (bicyclic) bond motifs is 1. The first-order chi connectivity index (χ1) is 20.8. The topological polar surface area (TPSA) is 67.0 Å². The molecular weight excluding hydrogens is 603 g/mol. The SMILES string of the molecule is CNC(=O)/C=C/C[N+](C)(C)CCOc1ccc(/C(=C(/CC(F)(F)F)c2ccc(F)cc2Cl)c2ccc3n[nH]c(F)c3c2)cc1. The van der Waals surface area contributed by atoms with Crippen molar-refractivity contribution in [2.75, 3.05) is 40.8 Å². The van der Waals surface area contributed by atoms with Crippen LogP contribution >= 0.6 is 11.6 Å². The number of likely N-dealkylation sites (N-methyl/N-ethyl adjacent to an activating group) is 2. The summed E-state index contributed by atoms with van der Waals surface area (Å²) in [5.41, 5.74) is 0.912. The molecule has 4 rings (SSSR count). The second kappa shape index (κ2) is 13.6. The lowest BCUT2D eigenvalue weighted by atomic mass is 9.87. The third kappa shape index (κ3) is 8.45. The third-order valence-electron chi connectivity index (χ3n) is 6.96. The number of alkyl halides is 3. The largest absolute Gasteiger partial charge is 0.488 e. The van der Waals surface area contributed by atoms with Crippen molar-refractivity contribution in [3.63, 3.8) is 0 Å². The average Bonchev–Trinajstić information content (AvgIpc) is 3.32. The summed E-state index contributed by atoms with van der Waals surface area (Å²) in [5, 5.41) is 8.53. The molecule has 1 aromatic heterocycles. The van der Waals surface area contributed by atoms with E-state index in [2.05, 4.69) is 15.5 Å². The Labute approximate surface area is 256 Å². The van der Waals surface area contributed by atoms with Crippen molar-refractivity contribution in [2.24, 2.45) is 0 Å². The molecule has 1 heterocycles. The van der Waals surface area contributed by atoms with E-state index in [1.165, 1.54) is 24.3 Å². The van der Waals surface area contributed by atoms with Gasteiger partial charge in [0.1, 0.15) is 24.7 Å². The summed E-state index contributed by atoms with van der Waals surface area (Å²) in [6, 6.07) is 14.2. The molecule has 0 radical (unpaired) electrons. The normalized spacial score (nSPS) is 12.9. The number of aromatic nitrogens is 2. The van der Waals surface area contributed by atoms with E-state index in [0.29, 0.717) is 41.0 Å². The van der Waals surface area contributed by atoms with Gasteiger partial charge in [0.15, 0.2) is 0 Å². The average molecular weight is 634 g/mol. The zero-order chi connectivity index (χ0) is 32.1. The van der Waals surface area contributed by atoms with Crippen LogP contribution in [0.4, 0.5) is 22.0 Å². The molecule has 3 aromatic carbocycles. The zero-order valence-electron chi connectivity index (χ0n) is 24.2. The van der Waals surface area contributed by atoms with E-state index in [1.54, 1.807) is 43.5 Å². The van der Waals surface area contributed by atoms with Crippen molar-refractivity contribution < 1.29 is 36.0 Å². The second-order valence-electron chi connectivity index (χ2n) is 10.8. The molecule has 232 valence electrons. The Morgan fingerprint density at radius 3 is 2.41 bits per heavy atom. The molecular formula is C32H31ClF5N4O2+. The molecule has 1 amide bonds. The van der Waals surface area contributed by atoms with Crippen molar-refractivity contribution in [3.8, 4) is 5.75 Å². The fraction of sp³-hybridized carbons (Fsp3) is 0.250. The van der Waals surface area contributed by atoms with Gasteiger partial charge in [-0.25, -0.2) is 4.39 Å². The summed E-state index contributed by atoms with van der Waals surface area (Å²) in [6.07, 6.45) is -2.78. The number of rotatable bonds is 11. The summed E-state index contributed by atoms with van der Waals surface area (Å²) < 4.78 is 76.9. The predicted octanol–water partition coefficient (Wildman–Crippen LogP) is 7.16. The quantitative estimate of drug-likeness (QED) is 0.0797. The number of nitrogens with one attached hydrogen (secondary N) is 2. The fourth-order valence-corrected chi connectivity index (χ4v) is 4.93. The van der Waals surface area contributed by atoms with Gasteiger partial charge in [-0.15, -0.1) is 0 Å². The van der Waals surface area contributed by atoms with Crippen LogP contribution in [-0.2, 0) is 4.79 Å². The summed E-state index contributed by atoms with van der Waals surface area (Å²) in [6.45, 7) is 1.54. The lowest BCUT2D eigenvalue weighted by molar-refractivity contribution is -0.884. The number of aromatic amines is 1. The van der Waals surface area contributed by atoms with Crippen molar-refractivity contribution in [2.45, 2.75) is 12.6 Å². The number of allylic oxidation sites excluding steroid dienone is 1. The highest BCUT2D eigenvalue weighted by Gasteiger charge is 2.32. The van der Waals surface area contributed by atoms with Gasteiger partial charge in [-0.05, 0) is 70.3 Å². The van der Waals surface area contributed by atoms with Crippen molar-refractivity contribution in [1.29, 1.82) is 0 Å². The minimum absolute atomic E-state index is 0.000974. The summed E-state index contributed by atoms with van der Waals surface area (Å²) in [5.74, 6) is -1.13. The Kier molecular flexibility index (Phi) is 10.1. The molecule has 0 aliphatic carbocycles. The first-order valence-electron chi connectivity index (χ1n) is 13.6. The predicted molar refractivity (Wildman–Crippen MR) is 161 cm³/mol. The number of quaternary nitrogens is 1. The van der Waals surface area contributed by atoms with E-state index in [-0.39, 0.29) is 38.6 Å². The van der Waals surface area contributed by atoms with Crippen LogP contribution < -0.4 is 10.1 Å². The van der Waals surface area contributed by atoms with Gasteiger partial charge in [-0.1, -0.05) is 35.9 Å². The van der Waals surface area contributed by atoms with Gasteiger partial charge in [0, 0.05) is 13.1 Å². The van der Waals surface area contributed by atoms with E-state index in [1.807, 2.05) is 14.1 Å². The van der Waals surface area contributed by atoms with Gasteiger partial charge in [-0.3, -0.25) is 9.89 Å². The molecule has 4 aromatic rings. The highest BCUT2D eigenvalue weighted by molar-refractivity contribution is 6.32. The molecule has 12 heteroatoms. The van der Waals surface area contributed by atoms with Crippen LogP contribution in [-0.4, -0.2) is 67.6 Å². The smallest absolute Gasteiger partial charge is 0.393 e.